The van der Waals surface area contributed by atoms with Crippen molar-refractivity contribution in [2.24, 2.45) is 5.92 Å². The minimum atomic E-state index is -1.40. The second kappa shape index (κ2) is 8.79. The molecule has 0 fully saturated rings. The number of ether oxygens (including phenoxy) is 1. The molecule has 0 saturated heterocycles. The topological polar surface area (TPSA) is 113 Å². The molecule has 164 valence electrons. The van der Waals surface area contributed by atoms with Crippen LogP contribution in [0.15, 0.2) is 48.5 Å². The number of hydrogen-bond acceptors (Lipinski definition) is 4. The fraction of sp³-hybridized carbons (Fsp3) is 0.375. The highest BCUT2D eigenvalue weighted by Gasteiger charge is 2.37. The number of carbonyl (C=O) groups excluding carboxylic acids is 1. The number of rotatable bonds is 7. The van der Waals surface area contributed by atoms with Gasteiger partial charge in [-0.2, -0.15) is 0 Å². The number of fused-ring (bicyclic) bond motifs is 3. The van der Waals surface area contributed by atoms with Gasteiger partial charge in [-0.15, -0.1) is 0 Å². The molecule has 31 heavy (non-hydrogen) atoms. The van der Waals surface area contributed by atoms with Crippen molar-refractivity contribution < 1.29 is 29.3 Å². The van der Waals surface area contributed by atoms with Crippen molar-refractivity contribution in [3.63, 3.8) is 0 Å². The van der Waals surface area contributed by atoms with E-state index in [1.165, 1.54) is 0 Å². The molecule has 2 aromatic carbocycles. The highest BCUT2D eigenvalue weighted by Crippen LogP contribution is 2.47. The van der Waals surface area contributed by atoms with Crippen molar-refractivity contribution in [2.45, 2.75) is 51.2 Å². The number of alkyl carbamates (subject to hydrolysis) is 1. The molecule has 2 atom stereocenters. The van der Waals surface area contributed by atoms with Crippen molar-refractivity contribution in [1.29, 1.82) is 0 Å². The van der Waals surface area contributed by atoms with Crippen LogP contribution in [0.3, 0.4) is 0 Å². The van der Waals surface area contributed by atoms with Crippen LogP contribution in [0.25, 0.3) is 11.1 Å². The van der Waals surface area contributed by atoms with Gasteiger partial charge in [0.25, 0.3) is 0 Å². The van der Waals surface area contributed by atoms with Crippen LogP contribution in [0.2, 0.25) is 0 Å². The third kappa shape index (κ3) is 5.23. The monoisotopic (exact) mass is 425 g/mol. The van der Waals surface area contributed by atoms with Gasteiger partial charge in [0.1, 0.15) is 11.6 Å². The largest absolute Gasteiger partial charge is 0.481 e. The van der Waals surface area contributed by atoms with E-state index >= 15 is 0 Å². The van der Waals surface area contributed by atoms with Gasteiger partial charge >= 0.3 is 18.0 Å². The molecule has 7 nitrogen and oxygen atoms in total. The molecule has 0 heterocycles. The predicted octanol–water partition coefficient (Wildman–Crippen LogP) is 4.26. The van der Waals surface area contributed by atoms with Crippen LogP contribution >= 0.6 is 0 Å². The van der Waals surface area contributed by atoms with Crippen LogP contribution in [-0.2, 0) is 14.3 Å². The summed E-state index contributed by atoms with van der Waals surface area (Å²) in [6, 6.07) is 14.3. The van der Waals surface area contributed by atoms with Crippen molar-refractivity contribution >= 4 is 18.0 Å². The predicted molar refractivity (Wildman–Crippen MR) is 115 cm³/mol. The van der Waals surface area contributed by atoms with E-state index < -0.39 is 42.0 Å². The van der Waals surface area contributed by atoms with Gasteiger partial charge in [0.05, 0.1) is 6.42 Å². The quantitative estimate of drug-likeness (QED) is 0.611. The second-order valence-electron chi connectivity index (χ2n) is 8.78. The molecule has 3 N–H and O–H groups in total. The molecule has 2 aromatic rings. The van der Waals surface area contributed by atoms with E-state index in [0.717, 1.165) is 22.3 Å². The van der Waals surface area contributed by atoms with E-state index in [-0.39, 0.29) is 12.3 Å². The molecule has 1 aliphatic rings. The lowest BCUT2D eigenvalue weighted by atomic mass is 9.82. The van der Waals surface area contributed by atoms with Gasteiger partial charge in [0, 0.05) is 11.8 Å². The van der Waals surface area contributed by atoms with E-state index in [0.29, 0.717) is 0 Å². The Morgan fingerprint density at radius 2 is 1.48 bits per heavy atom. The molecule has 0 saturated carbocycles. The number of carboxylic acids is 2. The third-order valence-corrected chi connectivity index (χ3v) is 5.35. The van der Waals surface area contributed by atoms with Crippen LogP contribution in [0, 0.1) is 5.92 Å². The van der Waals surface area contributed by atoms with Crippen LogP contribution in [-0.4, -0.2) is 39.9 Å². The minimum Gasteiger partial charge on any atom is -0.481 e. The highest BCUT2D eigenvalue weighted by atomic mass is 16.6. The van der Waals surface area contributed by atoms with Gasteiger partial charge in [-0.3, -0.25) is 4.79 Å². The second-order valence-corrected chi connectivity index (χ2v) is 8.78. The van der Waals surface area contributed by atoms with Gasteiger partial charge < -0.3 is 20.3 Å². The number of hydrogen-bond donors (Lipinski definition) is 3. The zero-order valence-electron chi connectivity index (χ0n) is 17.8. The van der Waals surface area contributed by atoms with E-state index in [4.69, 9.17) is 4.74 Å². The molecule has 0 aliphatic heterocycles. The van der Waals surface area contributed by atoms with E-state index in [1.807, 2.05) is 48.5 Å². The first-order valence-corrected chi connectivity index (χ1v) is 10.2. The van der Waals surface area contributed by atoms with Gasteiger partial charge in [-0.25, -0.2) is 9.59 Å². The van der Waals surface area contributed by atoms with E-state index in [1.54, 1.807) is 20.8 Å². The molecule has 3 rings (SSSR count). The zero-order valence-corrected chi connectivity index (χ0v) is 17.8. The van der Waals surface area contributed by atoms with Crippen molar-refractivity contribution in [3.8, 4) is 11.1 Å². The molecule has 7 heteroatoms. The third-order valence-electron chi connectivity index (χ3n) is 5.35. The SMILES string of the molecule is CC(C)(C)OC(=O)N[C@@H](C(=O)O)[C@H](CC(=O)O)CC1c2ccccc2-c2ccccc21. The number of nitrogens with one attached hydrogen (secondary N) is 1. The average Bonchev–Trinajstić information content (AvgIpc) is 2.98. The number of carboxylic acid groups (broad SMARTS) is 2. The Labute approximate surface area is 181 Å². The molecule has 1 aliphatic carbocycles. The first-order valence-electron chi connectivity index (χ1n) is 10.2. The highest BCUT2D eigenvalue weighted by molar-refractivity contribution is 5.82. The Hall–Kier alpha value is -3.35. The van der Waals surface area contributed by atoms with Gasteiger partial charge in [-0.1, -0.05) is 48.5 Å². The lowest BCUT2D eigenvalue weighted by Gasteiger charge is -2.28. The van der Waals surface area contributed by atoms with Crippen LogP contribution in [0.4, 0.5) is 4.79 Å². The molecular weight excluding hydrogens is 398 g/mol. The van der Waals surface area contributed by atoms with Crippen LogP contribution in [0.5, 0.6) is 0 Å². The minimum absolute atomic E-state index is 0.168. The summed E-state index contributed by atoms with van der Waals surface area (Å²) < 4.78 is 5.20. The zero-order chi connectivity index (χ0) is 22.8. The van der Waals surface area contributed by atoms with Crippen molar-refractivity contribution in [3.05, 3.63) is 59.7 Å². The Kier molecular flexibility index (Phi) is 6.34. The summed E-state index contributed by atoms with van der Waals surface area (Å²) in [5, 5.41) is 21.6. The van der Waals surface area contributed by atoms with E-state index in [2.05, 4.69) is 5.32 Å². The lowest BCUT2D eigenvalue weighted by Crippen LogP contribution is -2.48. The van der Waals surface area contributed by atoms with Crippen molar-refractivity contribution in [2.75, 3.05) is 0 Å². The first-order chi connectivity index (χ1) is 14.6. The molecule has 1 amide bonds. The maximum atomic E-state index is 12.3. The summed E-state index contributed by atoms with van der Waals surface area (Å²) in [5.41, 5.74) is 3.37. The fourth-order valence-electron chi connectivity index (χ4n) is 4.19. The van der Waals surface area contributed by atoms with Crippen molar-refractivity contribution in [1.82, 2.24) is 5.32 Å². The van der Waals surface area contributed by atoms with E-state index in [9.17, 15) is 24.6 Å². The lowest BCUT2D eigenvalue weighted by molar-refractivity contribution is -0.143. The Morgan fingerprint density at radius 1 is 0.968 bits per heavy atom. The van der Waals surface area contributed by atoms with Gasteiger partial charge in [-0.05, 0) is 49.4 Å². The normalized spacial score (nSPS) is 14.8. The Balaban J connectivity index is 1.93. The summed E-state index contributed by atoms with van der Waals surface area (Å²) in [5.74, 6) is -3.43. The Bertz CT molecular complexity index is 948. The van der Waals surface area contributed by atoms with Crippen LogP contribution < -0.4 is 5.32 Å². The standard InChI is InChI=1S/C24H27NO6/c1-24(2,3)31-23(30)25-21(22(28)29)14(13-20(26)27)12-19-17-10-6-4-8-15(17)16-9-5-7-11-18(16)19/h4-11,14,19,21H,12-13H2,1-3H3,(H,25,30)(H,26,27)(H,28,29)/t14-,21+/m0/s1. The summed E-state index contributed by atoms with van der Waals surface area (Å²) in [4.78, 5) is 35.9. The summed E-state index contributed by atoms with van der Waals surface area (Å²) in [6.45, 7) is 5.01. The molecule has 0 spiro atoms. The Morgan fingerprint density at radius 3 is 1.94 bits per heavy atom. The molecule has 0 unspecified atom stereocenters. The number of carbonyl (C=O) groups is 3. The first kappa shape index (κ1) is 22.3. The molecular formula is C24H27NO6. The molecule has 0 radical (unpaired) electrons. The average molecular weight is 425 g/mol. The maximum Gasteiger partial charge on any atom is 0.408 e. The number of benzene rings is 2. The summed E-state index contributed by atoms with van der Waals surface area (Å²) in [7, 11) is 0. The van der Waals surface area contributed by atoms with Crippen LogP contribution in [0.1, 0.15) is 50.7 Å². The fourth-order valence-corrected chi connectivity index (χ4v) is 4.19. The molecule has 0 bridgehead atoms. The maximum absolute atomic E-state index is 12.3. The summed E-state index contributed by atoms with van der Waals surface area (Å²) in [6.07, 6.45) is -1.02. The number of amides is 1. The smallest absolute Gasteiger partial charge is 0.408 e. The van der Waals surface area contributed by atoms with Gasteiger partial charge in [0.2, 0.25) is 0 Å². The van der Waals surface area contributed by atoms with Gasteiger partial charge in [0.15, 0.2) is 0 Å². The number of aliphatic carboxylic acids is 2. The summed E-state index contributed by atoms with van der Waals surface area (Å²) >= 11 is 0. The molecule has 0 aromatic heterocycles.